The molecule has 0 amide bonds. The first-order chi connectivity index (χ1) is 5.16. The fraction of sp³-hybridized carbons (Fsp3) is 1.00. The van der Waals surface area contributed by atoms with Crippen molar-refractivity contribution in [1.82, 2.24) is 4.90 Å². The zero-order chi connectivity index (χ0) is 8.43. The minimum atomic E-state index is -0.362. The van der Waals surface area contributed by atoms with E-state index in [1.165, 1.54) is 0 Å². The lowest BCUT2D eigenvalue weighted by Gasteiger charge is -2.39. The highest BCUT2D eigenvalue weighted by Gasteiger charge is 2.31. The molecule has 11 heavy (non-hydrogen) atoms. The molecule has 2 N–H and O–H groups in total. The van der Waals surface area contributed by atoms with Gasteiger partial charge < -0.3 is 10.2 Å². The molecule has 0 radical (unpaired) electrons. The third kappa shape index (κ3) is 1.72. The Bertz CT molecular complexity index is 129. The lowest BCUT2D eigenvalue weighted by Crippen LogP contribution is -2.51. The predicted octanol–water partition coefficient (Wildman–Crippen LogP) is -0.320. The van der Waals surface area contributed by atoms with Gasteiger partial charge in [0.2, 0.25) is 0 Å². The van der Waals surface area contributed by atoms with Gasteiger partial charge in [-0.05, 0) is 25.9 Å². The van der Waals surface area contributed by atoms with Crippen molar-refractivity contribution in [2.75, 3.05) is 20.2 Å². The van der Waals surface area contributed by atoms with Gasteiger partial charge >= 0.3 is 0 Å². The molecule has 0 aromatic heterocycles. The highest BCUT2D eigenvalue weighted by molar-refractivity contribution is 4.85. The van der Waals surface area contributed by atoms with Gasteiger partial charge in [0.15, 0.2) is 0 Å². The minimum absolute atomic E-state index is 0.0567. The number of hydrogen-bond acceptors (Lipinski definition) is 3. The largest absolute Gasteiger partial charge is 0.395 e. The molecule has 0 aliphatic carbocycles. The van der Waals surface area contributed by atoms with Crippen molar-refractivity contribution in [2.24, 2.45) is 5.92 Å². The average molecular weight is 159 g/mol. The number of nitrogens with zero attached hydrogens (tertiary/aromatic N) is 1. The molecule has 1 aliphatic heterocycles. The summed E-state index contributed by atoms with van der Waals surface area (Å²) in [6.07, 6.45) is 0.660. The number of rotatable bonds is 1. The van der Waals surface area contributed by atoms with Crippen molar-refractivity contribution in [2.45, 2.75) is 25.5 Å². The van der Waals surface area contributed by atoms with Gasteiger partial charge in [0.1, 0.15) is 0 Å². The van der Waals surface area contributed by atoms with E-state index in [0.717, 1.165) is 13.0 Å². The molecular formula is C8H17NO2. The Labute approximate surface area is 67.6 Å². The highest BCUT2D eigenvalue weighted by atomic mass is 16.3. The van der Waals surface area contributed by atoms with Crippen LogP contribution in [0.1, 0.15) is 13.3 Å². The molecule has 1 heterocycles. The molecule has 3 unspecified atom stereocenters. The van der Waals surface area contributed by atoms with Gasteiger partial charge in [0.05, 0.1) is 18.8 Å². The van der Waals surface area contributed by atoms with Crippen LogP contribution in [0.25, 0.3) is 0 Å². The average Bonchev–Trinajstić information content (AvgIpc) is 1.99. The number of aliphatic hydroxyl groups excluding tert-OH is 2. The van der Waals surface area contributed by atoms with E-state index in [4.69, 9.17) is 5.11 Å². The number of likely N-dealkylation sites (tertiary alicyclic amines) is 1. The third-order valence-electron chi connectivity index (χ3n) is 2.67. The van der Waals surface area contributed by atoms with Gasteiger partial charge in [-0.1, -0.05) is 6.92 Å². The molecule has 0 bridgehead atoms. The monoisotopic (exact) mass is 159 g/mol. The fourth-order valence-electron chi connectivity index (χ4n) is 1.63. The molecule has 0 saturated carbocycles. The van der Waals surface area contributed by atoms with Crippen LogP contribution in [0, 0.1) is 5.92 Å². The Morgan fingerprint density at radius 3 is 2.64 bits per heavy atom. The molecule has 66 valence electrons. The molecule has 1 fully saturated rings. The van der Waals surface area contributed by atoms with E-state index in [1.807, 2.05) is 18.9 Å². The van der Waals surface area contributed by atoms with Gasteiger partial charge in [-0.25, -0.2) is 0 Å². The third-order valence-corrected chi connectivity index (χ3v) is 2.67. The summed E-state index contributed by atoms with van der Waals surface area (Å²) in [5.74, 6) is 0.323. The molecule has 0 aromatic rings. The first kappa shape index (κ1) is 8.97. The summed E-state index contributed by atoms with van der Waals surface area (Å²) in [5.41, 5.74) is 0. The van der Waals surface area contributed by atoms with E-state index in [2.05, 4.69) is 0 Å². The van der Waals surface area contributed by atoms with Crippen molar-refractivity contribution in [3.8, 4) is 0 Å². The van der Waals surface area contributed by atoms with E-state index in [0.29, 0.717) is 5.92 Å². The molecule has 1 rings (SSSR count). The smallest absolute Gasteiger partial charge is 0.0743 e. The van der Waals surface area contributed by atoms with E-state index >= 15 is 0 Å². The van der Waals surface area contributed by atoms with Crippen LogP contribution in [-0.4, -0.2) is 47.5 Å². The van der Waals surface area contributed by atoms with Crippen LogP contribution >= 0.6 is 0 Å². The quantitative estimate of drug-likeness (QED) is 0.551. The molecule has 3 nitrogen and oxygen atoms in total. The maximum atomic E-state index is 9.61. The number of piperidine rings is 1. The Morgan fingerprint density at radius 1 is 1.55 bits per heavy atom. The molecule has 0 spiro atoms. The van der Waals surface area contributed by atoms with Crippen LogP contribution in [0.3, 0.4) is 0 Å². The maximum Gasteiger partial charge on any atom is 0.0743 e. The van der Waals surface area contributed by atoms with Crippen LogP contribution < -0.4 is 0 Å². The topological polar surface area (TPSA) is 43.7 Å². The van der Waals surface area contributed by atoms with Crippen molar-refractivity contribution in [1.29, 1.82) is 0 Å². The van der Waals surface area contributed by atoms with Crippen molar-refractivity contribution < 1.29 is 10.2 Å². The van der Waals surface area contributed by atoms with Crippen LogP contribution in [0.15, 0.2) is 0 Å². The normalized spacial score (nSPS) is 40.9. The Balaban J connectivity index is 2.55. The summed E-state index contributed by atoms with van der Waals surface area (Å²) in [6, 6.07) is -0.0567. The summed E-state index contributed by atoms with van der Waals surface area (Å²) in [6.45, 7) is 3.06. The van der Waals surface area contributed by atoms with Gasteiger partial charge in [0, 0.05) is 0 Å². The maximum absolute atomic E-state index is 9.61. The van der Waals surface area contributed by atoms with E-state index < -0.39 is 0 Å². The summed E-state index contributed by atoms with van der Waals surface area (Å²) in [4.78, 5) is 2.02. The van der Waals surface area contributed by atoms with Crippen LogP contribution in [0.4, 0.5) is 0 Å². The Hall–Kier alpha value is -0.120. The Kier molecular flexibility index (Phi) is 2.87. The minimum Gasteiger partial charge on any atom is -0.395 e. The second kappa shape index (κ2) is 3.52. The molecule has 3 atom stereocenters. The van der Waals surface area contributed by atoms with Gasteiger partial charge in [0.25, 0.3) is 0 Å². The van der Waals surface area contributed by atoms with E-state index in [1.54, 1.807) is 0 Å². The summed E-state index contributed by atoms with van der Waals surface area (Å²) in [7, 11) is 1.94. The van der Waals surface area contributed by atoms with Gasteiger partial charge in [-0.3, -0.25) is 4.90 Å². The van der Waals surface area contributed by atoms with Crippen LogP contribution in [0.2, 0.25) is 0 Å². The van der Waals surface area contributed by atoms with Crippen molar-refractivity contribution >= 4 is 0 Å². The van der Waals surface area contributed by atoms with Crippen LogP contribution in [0.5, 0.6) is 0 Å². The molecule has 1 saturated heterocycles. The van der Waals surface area contributed by atoms with Gasteiger partial charge in [-0.2, -0.15) is 0 Å². The number of hydrogen-bond donors (Lipinski definition) is 2. The molecule has 1 aliphatic rings. The lowest BCUT2D eigenvalue weighted by molar-refractivity contribution is -0.0346. The highest BCUT2D eigenvalue weighted by Crippen LogP contribution is 2.21. The molecule has 0 aromatic carbocycles. The zero-order valence-electron chi connectivity index (χ0n) is 7.20. The lowest BCUT2D eigenvalue weighted by atomic mass is 9.90. The summed E-state index contributed by atoms with van der Waals surface area (Å²) in [5, 5.41) is 18.6. The number of aliphatic hydroxyl groups is 2. The second-order valence-electron chi connectivity index (χ2n) is 3.49. The first-order valence-corrected chi connectivity index (χ1v) is 4.16. The van der Waals surface area contributed by atoms with Crippen LogP contribution in [-0.2, 0) is 0 Å². The fourth-order valence-corrected chi connectivity index (χ4v) is 1.63. The van der Waals surface area contributed by atoms with Crippen molar-refractivity contribution in [3.05, 3.63) is 0 Å². The van der Waals surface area contributed by atoms with Gasteiger partial charge in [-0.15, -0.1) is 0 Å². The SMILES string of the molecule is CC1CCN(C)C(CO)C1O. The van der Waals surface area contributed by atoms with Crippen molar-refractivity contribution in [3.63, 3.8) is 0 Å². The van der Waals surface area contributed by atoms with E-state index in [9.17, 15) is 5.11 Å². The predicted molar refractivity (Wildman–Crippen MR) is 43.3 cm³/mol. The molecule has 3 heteroatoms. The standard InChI is InChI=1S/C8H17NO2/c1-6-3-4-9(2)7(5-10)8(6)11/h6-8,10-11H,3-5H2,1-2H3. The number of likely N-dealkylation sites (N-methyl/N-ethyl adjacent to an activating group) is 1. The molecular weight excluding hydrogens is 142 g/mol. The summed E-state index contributed by atoms with van der Waals surface area (Å²) < 4.78 is 0. The van der Waals surface area contributed by atoms with E-state index in [-0.39, 0.29) is 18.8 Å². The zero-order valence-corrected chi connectivity index (χ0v) is 7.20. The summed E-state index contributed by atoms with van der Waals surface area (Å²) >= 11 is 0. The Morgan fingerprint density at radius 2 is 2.18 bits per heavy atom. The first-order valence-electron chi connectivity index (χ1n) is 4.16. The second-order valence-corrected chi connectivity index (χ2v) is 3.49.